The normalized spacial score (nSPS) is 39.5. The van der Waals surface area contributed by atoms with Gasteiger partial charge in [-0.1, -0.05) is 13.3 Å². The van der Waals surface area contributed by atoms with E-state index in [0.717, 1.165) is 25.3 Å². The van der Waals surface area contributed by atoms with E-state index in [9.17, 15) is 0 Å². The minimum Gasteiger partial charge on any atom is -0.380 e. The van der Waals surface area contributed by atoms with Crippen molar-refractivity contribution in [2.45, 2.75) is 63.6 Å². The molecule has 3 atom stereocenters. The summed E-state index contributed by atoms with van der Waals surface area (Å²) >= 11 is 0. The summed E-state index contributed by atoms with van der Waals surface area (Å²) in [4.78, 5) is 5.56. The van der Waals surface area contributed by atoms with Gasteiger partial charge in [0.2, 0.25) is 0 Å². The SMILES string of the molecule is CCC1CN2CCCCC2CN1C1CCCOC1. The largest absolute Gasteiger partial charge is 0.380 e. The van der Waals surface area contributed by atoms with E-state index in [4.69, 9.17) is 4.74 Å². The van der Waals surface area contributed by atoms with Crippen LogP contribution in [0.25, 0.3) is 0 Å². The van der Waals surface area contributed by atoms with Crippen LogP contribution in [0.5, 0.6) is 0 Å². The van der Waals surface area contributed by atoms with Gasteiger partial charge in [-0.3, -0.25) is 9.80 Å². The number of rotatable bonds is 2. The highest BCUT2D eigenvalue weighted by molar-refractivity contribution is 4.93. The van der Waals surface area contributed by atoms with Crippen LogP contribution < -0.4 is 0 Å². The molecule has 0 amide bonds. The Kier molecular flexibility index (Phi) is 4.22. The van der Waals surface area contributed by atoms with Crippen molar-refractivity contribution in [3.05, 3.63) is 0 Å². The highest BCUT2D eigenvalue weighted by atomic mass is 16.5. The number of nitrogens with zero attached hydrogens (tertiary/aromatic N) is 2. The number of piperidine rings is 1. The van der Waals surface area contributed by atoms with E-state index >= 15 is 0 Å². The van der Waals surface area contributed by atoms with Crippen molar-refractivity contribution in [2.75, 3.05) is 32.8 Å². The fourth-order valence-electron chi connectivity index (χ4n) is 4.07. The van der Waals surface area contributed by atoms with Gasteiger partial charge in [0.25, 0.3) is 0 Å². The number of piperazine rings is 1. The molecule has 0 saturated carbocycles. The average Bonchev–Trinajstić information content (AvgIpc) is 2.46. The average molecular weight is 252 g/mol. The molecule has 3 aliphatic rings. The lowest BCUT2D eigenvalue weighted by Gasteiger charge is -2.51. The van der Waals surface area contributed by atoms with Gasteiger partial charge in [-0.05, 0) is 38.6 Å². The number of fused-ring (bicyclic) bond motifs is 1. The van der Waals surface area contributed by atoms with Crippen LogP contribution in [0.1, 0.15) is 45.4 Å². The fourth-order valence-corrected chi connectivity index (χ4v) is 4.07. The Bertz CT molecular complexity index is 265. The van der Waals surface area contributed by atoms with Gasteiger partial charge in [0, 0.05) is 37.8 Å². The number of ether oxygens (including phenoxy) is 1. The summed E-state index contributed by atoms with van der Waals surface area (Å²) in [6, 6.07) is 2.31. The molecule has 3 heterocycles. The zero-order valence-electron chi connectivity index (χ0n) is 11.8. The molecule has 18 heavy (non-hydrogen) atoms. The first-order valence-corrected chi connectivity index (χ1v) is 7.96. The third-order valence-corrected chi connectivity index (χ3v) is 5.16. The van der Waals surface area contributed by atoms with Gasteiger partial charge >= 0.3 is 0 Å². The molecule has 3 heteroatoms. The quantitative estimate of drug-likeness (QED) is 0.748. The zero-order valence-corrected chi connectivity index (χ0v) is 11.8. The minimum atomic E-state index is 0.702. The topological polar surface area (TPSA) is 15.7 Å². The molecule has 3 nitrogen and oxygen atoms in total. The summed E-state index contributed by atoms with van der Waals surface area (Å²) in [5.41, 5.74) is 0. The second kappa shape index (κ2) is 5.89. The molecule has 0 aliphatic carbocycles. The lowest BCUT2D eigenvalue weighted by Crippen LogP contribution is -2.62. The Balaban J connectivity index is 1.67. The van der Waals surface area contributed by atoms with Crippen LogP contribution in [0.15, 0.2) is 0 Å². The van der Waals surface area contributed by atoms with Gasteiger partial charge in [0.05, 0.1) is 6.61 Å². The van der Waals surface area contributed by atoms with E-state index in [2.05, 4.69) is 16.7 Å². The van der Waals surface area contributed by atoms with Gasteiger partial charge in [-0.25, -0.2) is 0 Å². The molecule has 3 aliphatic heterocycles. The zero-order chi connectivity index (χ0) is 12.4. The maximum Gasteiger partial charge on any atom is 0.0621 e. The summed E-state index contributed by atoms with van der Waals surface area (Å²) in [5.74, 6) is 0. The Morgan fingerprint density at radius 1 is 1.06 bits per heavy atom. The van der Waals surface area contributed by atoms with Crippen LogP contribution in [-0.2, 0) is 4.74 Å². The molecule has 0 radical (unpaired) electrons. The highest BCUT2D eigenvalue weighted by Crippen LogP contribution is 2.28. The standard InChI is InChI=1S/C15H28N2O/c1-2-13-10-16-8-4-3-6-14(16)11-17(13)15-7-5-9-18-12-15/h13-15H,2-12H2,1H3. The second-order valence-electron chi connectivity index (χ2n) is 6.27. The molecule has 0 aromatic rings. The van der Waals surface area contributed by atoms with E-state index in [1.807, 2.05) is 0 Å². The molecule has 0 aromatic heterocycles. The molecule has 0 N–H and O–H groups in total. The predicted octanol–water partition coefficient (Wildman–Crippen LogP) is 2.11. The fraction of sp³-hybridized carbons (Fsp3) is 1.00. The first-order chi connectivity index (χ1) is 8.88. The third-order valence-electron chi connectivity index (χ3n) is 5.16. The third kappa shape index (κ3) is 2.59. The van der Waals surface area contributed by atoms with Gasteiger partial charge in [-0.2, -0.15) is 0 Å². The van der Waals surface area contributed by atoms with Crippen molar-refractivity contribution in [1.82, 2.24) is 9.80 Å². The van der Waals surface area contributed by atoms with Crippen molar-refractivity contribution in [3.8, 4) is 0 Å². The predicted molar refractivity (Wildman–Crippen MR) is 73.8 cm³/mol. The van der Waals surface area contributed by atoms with Gasteiger partial charge < -0.3 is 4.74 Å². The summed E-state index contributed by atoms with van der Waals surface area (Å²) in [5, 5.41) is 0. The van der Waals surface area contributed by atoms with E-state index in [-0.39, 0.29) is 0 Å². The molecule has 3 fully saturated rings. The van der Waals surface area contributed by atoms with Crippen LogP contribution in [0.3, 0.4) is 0 Å². The van der Waals surface area contributed by atoms with E-state index in [1.165, 1.54) is 58.2 Å². The van der Waals surface area contributed by atoms with Crippen molar-refractivity contribution >= 4 is 0 Å². The smallest absolute Gasteiger partial charge is 0.0621 e. The Hall–Kier alpha value is -0.120. The Labute approximate surface area is 111 Å². The van der Waals surface area contributed by atoms with Gasteiger partial charge in [0.15, 0.2) is 0 Å². The van der Waals surface area contributed by atoms with Gasteiger partial charge in [0.1, 0.15) is 0 Å². The number of hydrogen-bond acceptors (Lipinski definition) is 3. The minimum absolute atomic E-state index is 0.702. The summed E-state index contributed by atoms with van der Waals surface area (Å²) in [7, 11) is 0. The van der Waals surface area contributed by atoms with Crippen LogP contribution in [0.2, 0.25) is 0 Å². The summed E-state index contributed by atoms with van der Waals surface area (Å²) in [6.07, 6.45) is 8.17. The summed E-state index contributed by atoms with van der Waals surface area (Å²) < 4.78 is 5.71. The lowest BCUT2D eigenvalue weighted by molar-refractivity contribution is -0.0561. The number of hydrogen-bond donors (Lipinski definition) is 0. The van der Waals surface area contributed by atoms with E-state index in [0.29, 0.717) is 6.04 Å². The summed E-state index contributed by atoms with van der Waals surface area (Å²) in [6.45, 7) is 8.26. The molecule has 0 bridgehead atoms. The molecule has 104 valence electrons. The van der Waals surface area contributed by atoms with E-state index < -0.39 is 0 Å². The monoisotopic (exact) mass is 252 g/mol. The first-order valence-electron chi connectivity index (χ1n) is 7.96. The van der Waals surface area contributed by atoms with Crippen LogP contribution >= 0.6 is 0 Å². The maximum absolute atomic E-state index is 5.71. The maximum atomic E-state index is 5.71. The van der Waals surface area contributed by atoms with Crippen molar-refractivity contribution < 1.29 is 4.74 Å². The molecule has 0 aromatic carbocycles. The molecule has 0 spiro atoms. The Morgan fingerprint density at radius 2 is 1.94 bits per heavy atom. The highest BCUT2D eigenvalue weighted by Gasteiger charge is 2.37. The second-order valence-corrected chi connectivity index (χ2v) is 6.27. The van der Waals surface area contributed by atoms with Crippen LogP contribution in [0, 0.1) is 0 Å². The molecular weight excluding hydrogens is 224 g/mol. The van der Waals surface area contributed by atoms with Crippen molar-refractivity contribution in [2.24, 2.45) is 0 Å². The molecule has 3 saturated heterocycles. The van der Waals surface area contributed by atoms with E-state index in [1.54, 1.807) is 0 Å². The molecule has 3 rings (SSSR count). The first kappa shape index (κ1) is 12.9. The molecular formula is C15H28N2O. The van der Waals surface area contributed by atoms with Crippen LogP contribution in [-0.4, -0.2) is 60.8 Å². The van der Waals surface area contributed by atoms with Gasteiger partial charge in [-0.15, -0.1) is 0 Å². The Morgan fingerprint density at radius 3 is 2.72 bits per heavy atom. The van der Waals surface area contributed by atoms with Crippen molar-refractivity contribution in [1.29, 1.82) is 0 Å². The lowest BCUT2D eigenvalue weighted by atomic mass is 9.93. The van der Waals surface area contributed by atoms with Crippen LogP contribution in [0.4, 0.5) is 0 Å². The van der Waals surface area contributed by atoms with Crippen molar-refractivity contribution in [3.63, 3.8) is 0 Å². The molecule has 3 unspecified atom stereocenters.